The van der Waals surface area contributed by atoms with Crippen molar-refractivity contribution in [3.8, 4) is 57.6 Å². The molecule has 0 saturated carbocycles. The second kappa shape index (κ2) is 32.9. The van der Waals surface area contributed by atoms with Crippen molar-refractivity contribution >= 4 is 174 Å². The van der Waals surface area contributed by atoms with Crippen molar-refractivity contribution in [3.63, 3.8) is 0 Å². The molecule has 9 heterocycles. The summed E-state index contributed by atoms with van der Waals surface area (Å²) in [6, 6.07) is 133. The number of hydrogen-bond donors (Lipinski definition) is 0. The number of nitrogens with zero attached hydrogens (tertiary/aromatic N) is 10. The van der Waals surface area contributed by atoms with Crippen LogP contribution < -0.4 is 0 Å². The minimum Gasteiger partial charge on any atom is -0.381 e. The summed E-state index contributed by atoms with van der Waals surface area (Å²) in [4.78, 5) is 0. The third kappa shape index (κ3) is 13.4. The fourth-order valence-electron chi connectivity index (χ4n) is 23.1. The van der Waals surface area contributed by atoms with Crippen LogP contribution in [0.15, 0.2) is 364 Å². The third-order valence-electron chi connectivity index (χ3n) is 30.0. The quantitative estimate of drug-likeness (QED) is 0.152. The number of ether oxygens (including phenoxy) is 1. The predicted molar refractivity (Wildman–Crippen MR) is 592 cm³/mol. The molecule has 1 saturated heterocycles. The highest BCUT2D eigenvalue weighted by Gasteiger charge is 2.40. The van der Waals surface area contributed by atoms with Crippen molar-refractivity contribution in [3.05, 3.63) is 409 Å². The molecule has 1 aliphatic rings. The van der Waals surface area contributed by atoms with Gasteiger partial charge in [-0.05, 0) is 178 Å². The maximum atomic E-state index is 18.0. The molecule has 8 aromatic heterocycles. The van der Waals surface area contributed by atoms with Crippen LogP contribution in [-0.2, 0) is 26.4 Å². The summed E-state index contributed by atoms with van der Waals surface area (Å²) in [6.45, 7) is 29.8. The molecule has 26 aromatic rings. The van der Waals surface area contributed by atoms with Gasteiger partial charge in [-0.15, -0.1) is 0 Å². The Labute approximate surface area is 826 Å². The fraction of sp³-hybridized carbons (Fsp3) is 0.154. The van der Waals surface area contributed by atoms with E-state index in [4.69, 9.17) is 4.74 Å². The van der Waals surface area contributed by atoms with Gasteiger partial charge in [-0.1, -0.05) is 326 Å². The Kier molecular flexibility index (Phi) is 20.2. The molecule has 0 radical (unpaired) electrons. The molecule has 13 heteroatoms. The van der Waals surface area contributed by atoms with E-state index in [-0.39, 0.29) is 44.3 Å². The van der Waals surface area contributed by atoms with E-state index in [0.717, 1.165) is 183 Å². The Morgan fingerprint density at radius 1 is 0.196 bits per heavy atom. The molecule has 0 bridgehead atoms. The average Bonchev–Trinajstić information content (AvgIpc) is 1.53. The van der Waals surface area contributed by atoms with E-state index in [0.29, 0.717) is 38.7 Å². The summed E-state index contributed by atoms with van der Waals surface area (Å²) in [5, 5.41) is 41.2. The highest BCUT2D eigenvalue weighted by molar-refractivity contribution is 6.20. The van der Waals surface area contributed by atoms with Crippen LogP contribution in [-0.4, -0.2) is 49.8 Å². The van der Waals surface area contributed by atoms with E-state index in [1.54, 1.807) is 13.7 Å². The molecule has 27 rings (SSSR count). The summed E-state index contributed by atoms with van der Waals surface area (Å²) < 4.78 is 58.8. The van der Waals surface area contributed by atoms with Crippen molar-refractivity contribution in [2.24, 2.45) is 0 Å². The molecule has 1 fully saturated rings. The first-order chi connectivity index (χ1) is 69.4. The zero-order chi connectivity index (χ0) is 97.7. The molecule has 0 aliphatic carbocycles. The van der Waals surface area contributed by atoms with Crippen LogP contribution in [0.2, 0.25) is 0 Å². The van der Waals surface area contributed by atoms with Gasteiger partial charge >= 0.3 is 0 Å². The van der Waals surface area contributed by atoms with Crippen LogP contribution in [0.1, 0.15) is 129 Å². The zero-order valence-electron chi connectivity index (χ0n) is 82.1. The predicted octanol–water partition coefficient (Wildman–Crippen LogP) is 34.2. The van der Waals surface area contributed by atoms with Gasteiger partial charge in [0.25, 0.3) is 0 Å². The Hall–Kier alpha value is -16.8. The van der Waals surface area contributed by atoms with Crippen LogP contribution in [0.3, 0.4) is 0 Å². The van der Waals surface area contributed by atoms with Gasteiger partial charge < -0.3 is 41.3 Å². The number of halogens is 2. The maximum absolute atomic E-state index is 18.0. The van der Waals surface area contributed by atoms with E-state index >= 15 is 8.78 Å². The molecule has 0 N–H and O–H groups in total. The first-order valence-corrected chi connectivity index (χ1v) is 49.6. The van der Waals surface area contributed by atoms with Crippen LogP contribution in [0, 0.1) is 34.3 Å². The number of nitriles is 2. The maximum Gasteiger partial charge on any atom is 0.175 e. The summed E-state index contributed by atoms with van der Waals surface area (Å²) in [7, 11) is 0. The van der Waals surface area contributed by atoms with Gasteiger partial charge in [-0.25, -0.2) is 8.78 Å². The molecule has 0 amide bonds. The zero-order valence-corrected chi connectivity index (χ0v) is 82.1. The van der Waals surface area contributed by atoms with E-state index in [9.17, 15) is 10.5 Å². The monoisotopic (exact) mass is 1860 g/mol. The summed E-state index contributed by atoms with van der Waals surface area (Å²) >= 11 is 0. The topological polar surface area (TPSA) is 96.2 Å². The molecule has 1 aliphatic heterocycles. The first-order valence-electron chi connectivity index (χ1n) is 49.6. The Morgan fingerprint density at radius 2 is 0.350 bits per heavy atom. The van der Waals surface area contributed by atoms with Crippen molar-refractivity contribution in [1.29, 1.82) is 10.5 Å². The van der Waals surface area contributed by atoms with Crippen LogP contribution >= 0.6 is 0 Å². The molecule has 694 valence electrons. The lowest BCUT2D eigenvalue weighted by molar-refractivity contribution is 0.198. The van der Waals surface area contributed by atoms with Gasteiger partial charge in [0.1, 0.15) is 40.3 Å². The smallest absolute Gasteiger partial charge is 0.175 e. The minimum atomic E-state index is -0.823. The number of aromatic nitrogens is 8. The number of benzene rings is 18. The lowest BCUT2D eigenvalue weighted by atomic mass is 9.85. The van der Waals surface area contributed by atoms with Crippen molar-refractivity contribution < 1.29 is 13.5 Å². The SMILES string of the molecule is C1CCOC1.CC(C)(C)c1ccc2c(c1)c1cc(C(C)(C)C)ccc1n2-c1c(-n2c3ccccc3c3ccccc32)c(C#N)c(-n2c3ccccc3c3ccccc32)c(-n2c3ccc(C(C)(C)C)cc3c3cc(C(C)(C)C)ccc32)c1-n1c2ccccc2c2ccccc21.N#Cc1c(-n2c3ccccc3c3ccccc32)c(F)c(-n2c3ccccc3c3ccccc32)c(F)c1-n1c2ccccc2c2ccccc21. The van der Waals surface area contributed by atoms with Crippen LogP contribution in [0.4, 0.5) is 8.78 Å². The molecule has 143 heavy (non-hydrogen) atoms. The lowest BCUT2D eigenvalue weighted by Gasteiger charge is -2.30. The summed E-state index contributed by atoms with van der Waals surface area (Å²) in [6.07, 6.45) is 2.56. The number of rotatable bonds is 8. The lowest BCUT2D eigenvalue weighted by Crippen LogP contribution is -2.19. The van der Waals surface area contributed by atoms with Crippen molar-refractivity contribution in [2.45, 2.75) is 118 Å². The number of fused-ring (bicyclic) bond motifs is 24. The minimum absolute atomic E-state index is 0.00461. The van der Waals surface area contributed by atoms with Gasteiger partial charge in [0.15, 0.2) is 11.6 Å². The van der Waals surface area contributed by atoms with Gasteiger partial charge in [0.2, 0.25) is 0 Å². The van der Waals surface area contributed by atoms with Gasteiger partial charge in [-0.2, -0.15) is 10.5 Å². The van der Waals surface area contributed by atoms with Crippen LogP contribution in [0.5, 0.6) is 0 Å². The van der Waals surface area contributed by atoms with Crippen molar-refractivity contribution in [1.82, 2.24) is 36.5 Å². The molecular formula is C130H104F2N10O. The second-order valence-electron chi connectivity index (χ2n) is 42.5. The van der Waals surface area contributed by atoms with Crippen molar-refractivity contribution in [2.75, 3.05) is 13.2 Å². The second-order valence-corrected chi connectivity index (χ2v) is 42.5. The normalized spacial score (nSPS) is 13.0. The first kappa shape index (κ1) is 87.6. The highest BCUT2D eigenvalue weighted by atomic mass is 19.1. The number of para-hydroxylation sites is 12. The van der Waals surface area contributed by atoms with E-state index in [1.165, 1.54) is 35.1 Å². The van der Waals surface area contributed by atoms with E-state index in [2.05, 4.69) is 336 Å². The largest absolute Gasteiger partial charge is 0.381 e. The molecule has 11 nitrogen and oxygen atoms in total. The average molecular weight is 1860 g/mol. The van der Waals surface area contributed by atoms with Gasteiger partial charge in [0.05, 0.1) is 117 Å². The highest BCUT2D eigenvalue weighted by Crippen LogP contribution is 2.55. The van der Waals surface area contributed by atoms with E-state index in [1.807, 2.05) is 146 Å². The third-order valence-corrected chi connectivity index (χ3v) is 30.0. The number of hydrogen-bond acceptors (Lipinski definition) is 3. The standard InChI is InChI=1S/C83H72N6.C43H24F2N4.C4H8O/c1-80(2,3)50-37-41-71-60(45-50)61-46-51(81(4,5)6)38-42-72(61)88(71)77-75(85-65-31-19-13-25-54(65)55-26-14-20-32-66(55)85)64(49-84)76(86-67-33-21-15-27-56(67)57-28-16-22-34-68(57)86)78(79(77)87-69-35-23-17-29-58(69)59-30-18-24-36-70(59)87)89-73-43-39-52(82(7,8)9)47-62(73)63-48-53(83(10,11)12)40-44-74(63)89;44-39-41(47-33-19-7-1-13-26(33)27-14-2-8-20-34(27)47)32(25-46)42(48-35-21-9-3-15-28(35)29-16-4-10-22-36(29)48)40(45)43(39)49-37-23-11-5-17-30(37)31-18-6-12-24-38(31)49;1-2-4-5-3-1/h13-48H,1-12H3;1-24H;1-4H2. The molecule has 18 aromatic carbocycles. The Morgan fingerprint density at radius 3 is 0.524 bits per heavy atom. The van der Waals surface area contributed by atoms with Gasteiger partial charge in [-0.3, -0.25) is 0 Å². The summed E-state index contributed by atoms with van der Waals surface area (Å²) in [5.74, 6) is -1.65. The molecule has 0 atom stereocenters. The van der Waals surface area contributed by atoms with Gasteiger partial charge in [0, 0.05) is 99.4 Å². The van der Waals surface area contributed by atoms with Crippen LogP contribution in [0.25, 0.3) is 220 Å². The van der Waals surface area contributed by atoms with E-state index < -0.39 is 11.6 Å². The molecule has 0 unspecified atom stereocenters. The molecule has 0 spiro atoms. The summed E-state index contributed by atoms with van der Waals surface area (Å²) in [5.41, 5.74) is 23.4. The Bertz CT molecular complexity index is 9050. The molecular weight excluding hydrogens is 1760 g/mol. The Balaban J connectivity index is 0.000000166. The fourth-order valence-corrected chi connectivity index (χ4v) is 23.1.